The Balaban J connectivity index is 1.27. The Morgan fingerprint density at radius 1 is 0.830 bits per heavy atom. The molecule has 12 heteroatoms. The van der Waals surface area contributed by atoms with Crippen molar-refractivity contribution in [1.29, 1.82) is 0 Å². The van der Waals surface area contributed by atoms with E-state index in [1.807, 2.05) is 32.7 Å². The molecule has 1 unspecified atom stereocenters. The Bertz CT molecular complexity index is 1460. The van der Waals surface area contributed by atoms with Crippen molar-refractivity contribution in [3.63, 3.8) is 0 Å². The van der Waals surface area contributed by atoms with Crippen LogP contribution in [-0.2, 0) is 33.5 Å². The summed E-state index contributed by atoms with van der Waals surface area (Å²) >= 11 is 0. The maximum absolute atomic E-state index is 15.1. The van der Waals surface area contributed by atoms with Gasteiger partial charge in [-0.2, -0.15) is 0 Å². The fourth-order valence-corrected chi connectivity index (χ4v) is 11.0. The number of rotatable bonds is 12. The van der Waals surface area contributed by atoms with Crippen molar-refractivity contribution in [2.75, 3.05) is 33.4 Å². The van der Waals surface area contributed by atoms with Gasteiger partial charge in [0.05, 0.1) is 19.3 Å². The van der Waals surface area contributed by atoms with E-state index in [-0.39, 0.29) is 52.4 Å². The smallest absolute Gasteiger partial charge is 0.246 e. The second-order valence-corrected chi connectivity index (χ2v) is 19.1. The van der Waals surface area contributed by atoms with Crippen molar-refractivity contribution in [2.45, 2.75) is 155 Å². The van der Waals surface area contributed by atoms with Gasteiger partial charge in [-0.1, -0.05) is 79.6 Å². The van der Waals surface area contributed by atoms with Crippen LogP contribution < -0.4 is 16.0 Å². The molecule has 6 rings (SSSR count). The number of carbonyl (C=O) groups excluding carboxylic acids is 6. The third-order valence-corrected chi connectivity index (χ3v) is 15.0. The molecule has 0 radical (unpaired) electrons. The number of hydrogen-bond donors (Lipinski definition) is 3. The number of nitrogens with zero attached hydrogens (tertiary/aromatic N) is 2. The summed E-state index contributed by atoms with van der Waals surface area (Å²) in [5.41, 5.74) is -1.03. The number of Topliss-reactive ketones (excluding diaryl/α,β-unsaturated/α-hetero) is 2. The van der Waals surface area contributed by atoms with Crippen molar-refractivity contribution in [2.24, 2.45) is 33.5 Å². The van der Waals surface area contributed by atoms with Crippen LogP contribution in [0.5, 0.6) is 0 Å². The first-order valence-corrected chi connectivity index (χ1v) is 20.5. The monoisotopic (exact) mass is 739 g/mol. The van der Waals surface area contributed by atoms with Gasteiger partial charge < -0.3 is 25.6 Å². The summed E-state index contributed by atoms with van der Waals surface area (Å²) in [6.07, 6.45) is 11.7. The van der Waals surface area contributed by atoms with Crippen LogP contribution in [0.3, 0.4) is 0 Å². The van der Waals surface area contributed by atoms with Crippen LogP contribution in [0, 0.1) is 33.5 Å². The zero-order chi connectivity index (χ0) is 38.5. The van der Waals surface area contributed by atoms with Gasteiger partial charge >= 0.3 is 0 Å². The van der Waals surface area contributed by atoms with Gasteiger partial charge in [0.1, 0.15) is 24.2 Å². The van der Waals surface area contributed by atoms with E-state index < -0.39 is 53.1 Å². The number of fused-ring (bicyclic) bond motifs is 1. The standard InChI is InChI=1S/C41H65N5O7/c1-25(47)32(48)28(21-26-13-11-14-26)42-34(49)29-22-41(39(5,6)40(41)17-12-18-40)24-46(29)37(52)33(38(2,3)4)44-36(51)31(27-15-9-8-10-16-27)43-35(50)30-23-53-20-19-45(30)7/h26-31,33H,8-24H2,1-7H3,(H,42,49)(H,43,50)(H,44,51)/t28?,29-,30-,31-,33+,41+/m0/s1. The Kier molecular flexibility index (Phi) is 11.3. The van der Waals surface area contributed by atoms with Crippen molar-refractivity contribution >= 4 is 35.2 Å². The van der Waals surface area contributed by atoms with Crippen molar-refractivity contribution in [3.05, 3.63) is 0 Å². The fourth-order valence-electron chi connectivity index (χ4n) is 11.0. The molecule has 4 saturated carbocycles. The number of amides is 4. The third-order valence-electron chi connectivity index (χ3n) is 15.0. The van der Waals surface area contributed by atoms with E-state index in [9.17, 15) is 24.0 Å². The lowest BCUT2D eigenvalue weighted by Crippen LogP contribution is -2.63. The van der Waals surface area contributed by atoms with E-state index >= 15 is 4.79 Å². The number of ether oxygens (including phenoxy) is 1. The predicted molar refractivity (Wildman–Crippen MR) is 199 cm³/mol. The predicted octanol–water partition coefficient (Wildman–Crippen LogP) is 3.54. The summed E-state index contributed by atoms with van der Waals surface area (Å²) in [5.74, 6) is -2.35. The van der Waals surface area contributed by atoms with Gasteiger partial charge in [0.25, 0.3) is 0 Å². The molecular weight excluding hydrogens is 674 g/mol. The van der Waals surface area contributed by atoms with E-state index in [1.165, 1.54) is 6.92 Å². The average Bonchev–Trinajstić information content (AvgIpc) is 3.27. The maximum atomic E-state index is 15.1. The van der Waals surface area contributed by atoms with E-state index in [0.717, 1.165) is 70.6 Å². The topological polar surface area (TPSA) is 154 Å². The lowest BCUT2D eigenvalue weighted by atomic mass is 9.73. The molecule has 12 nitrogen and oxygen atoms in total. The SMILES string of the molecule is CC(=O)C(=O)C(CC1CCC1)NC(=O)[C@@H]1C[C@@]2(CN1C(=O)[C@@H](NC(=O)[C@@H](NC(=O)[C@@H]1COCCN1C)C1CCCCC1)C(C)(C)C)C(C)(C)C21CCC1. The molecule has 6 aliphatic rings. The van der Waals surface area contributed by atoms with Crippen LogP contribution >= 0.6 is 0 Å². The molecule has 6 fully saturated rings. The van der Waals surface area contributed by atoms with Crippen LogP contribution in [0.15, 0.2) is 0 Å². The Morgan fingerprint density at radius 3 is 2.02 bits per heavy atom. The van der Waals surface area contributed by atoms with Crippen LogP contribution in [-0.4, -0.2) is 109 Å². The number of ketones is 2. The van der Waals surface area contributed by atoms with Crippen molar-refractivity contribution < 1.29 is 33.5 Å². The van der Waals surface area contributed by atoms with E-state index in [4.69, 9.17) is 4.74 Å². The molecule has 4 amide bonds. The largest absolute Gasteiger partial charge is 0.378 e. The second kappa shape index (κ2) is 15.0. The molecular formula is C41H65N5O7. The zero-order valence-corrected chi connectivity index (χ0v) is 33.3. The highest BCUT2D eigenvalue weighted by atomic mass is 16.5. The average molecular weight is 740 g/mol. The molecule has 3 N–H and O–H groups in total. The molecule has 0 aromatic carbocycles. The van der Waals surface area contributed by atoms with Crippen LogP contribution in [0.2, 0.25) is 0 Å². The van der Waals surface area contributed by atoms with Crippen LogP contribution in [0.4, 0.5) is 0 Å². The number of likely N-dealkylation sites (tertiary alicyclic amines) is 1. The van der Waals surface area contributed by atoms with Crippen molar-refractivity contribution in [1.82, 2.24) is 25.8 Å². The van der Waals surface area contributed by atoms with Gasteiger partial charge in [-0.25, -0.2) is 0 Å². The minimum absolute atomic E-state index is 0.0426. The fraction of sp³-hybridized carbons (Fsp3) is 0.854. The lowest BCUT2D eigenvalue weighted by molar-refractivity contribution is -0.145. The van der Waals surface area contributed by atoms with Gasteiger partial charge in [-0.15, -0.1) is 0 Å². The molecule has 296 valence electrons. The first kappa shape index (κ1) is 39.8. The van der Waals surface area contributed by atoms with E-state index in [1.54, 1.807) is 4.90 Å². The van der Waals surface area contributed by atoms with Gasteiger partial charge in [-0.05, 0) is 73.7 Å². The molecule has 4 aliphatic carbocycles. The molecule has 2 saturated heterocycles. The highest BCUT2D eigenvalue weighted by Crippen LogP contribution is 2.88. The summed E-state index contributed by atoms with van der Waals surface area (Å²) in [6, 6.07) is -4.07. The van der Waals surface area contributed by atoms with Crippen LogP contribution in [0.25, 0.3) is 0 Å². The van der Waals surface area contributed by atoms with Gasteiger partial charge in [0, 0.05) is 25.4 Å². The molecule has 53 heavy (non-hydrogen) atoms. The number of likely N-dealkylation sites (N-methyl/N-ethyl adjacent to an activating group) is 1. The third kappa shape index (κ3) is 7.20. The van der Waals surface area contributed by atoms with Gasteiger partial charge in [0.15, 0.2) is 5.78 Å². The van der Waals surface area contributed by atoms with Crippen LogP contribution in [0.1, 0.15) is 125 Å². The summed E-state index contributed by atoms with van der Waals surface area (Å²) in [4.78, 5) is 86.6. The zero-order valence-electron chi connectivity index (χ0n) is 33.3. The number of carbonyl (C=O) groups is 6. The minimum atomic E-state index is -0.979. The summed E-state index contributed by atoms with van der Waals surface area (Å²) in [5, 5.41) is 9.17. The Morgan fingerprint density at radius 2 is 1.49 bits per heavy atom. The molecule has 0 aromatic rings. The first-order chi connectivity index (χ1) is 24.9. The van der Waals surface area contributed by atoms with Gasteiger partial charge in [-0.3, -0.25) is 33.7 Å². The summed E-state index contributed by atoms with van der Waals surface area (Å²) in [6.45, 7) is 13.3. The summed E-state index contributed by atoms with van der Waals surface area (Å²) in [7, 11) is 1.88. The Labute approximate surface area is 316 Å². The number of hydrogen-bond acceptors (Lipinski definition) is 8. The quantitative estimate of drug-likeness (QED) is 0.257. The maximum Gasteiger partial charge on any atom is 0.246 e. The normalized spacial score (nSPS) is 30.1. The van der Waals surface area contributed by atoms with E-state index in [2.05, 4.69) is 29.8 Å². The highest BCUT2D eigenvalue weighted by molar-refractivity contribution is 6.38. The second-order valence-electron chi connectivity index (χ2n) is 19.1. The number of morpholine rings is 1. The minimum Gasteiger partial charge on any atom is -0.378 e. The molecule has 0 bridgehead atoms. The molecule has 2 aliphatic heterocycles. The number of nitrogens with one attached hydrogen (secondary N) is 3. The molecule has 6 atom stereocenters. The van der Waals surface area contributed by atoms with E-state index in [0.29, 0.717) is 32.5 Å². The Hall–Kier alpha value is -2.86. The molecule has 2 spiro atoms. The summed E-state index contributed by atoms with van der Waals surface area (Å²) < 4.78 is 5.61. The highest BCUT2D eigenvalue weighted by Gasteiger charge is 2.85. The lowest BCUT2D eigenvalue weighted by Gasteiger charge is -2.38. The first-order valence-electron chi connectivity index (χ1n) is 20.5. The molecule has 2 heterocycles. The molecule has 0 aromatic heterocycles. The van der Waals surface area contributed by atoms with Gasteiger partial charge in [0.2, 0.25) is 29.4 Å². The van der Waals surface area contributed by atoms with Crippen molar-refractivity contribution in [3.8, 4) is 0 Å².